The average Bonchev–Trinajstić information content (AvgIpc) is 3.27. The van der Waals surface area contributed by atoms with Crippen LogP contribution in [0.25, 0.3) is 5.82 Å². The van der Waals surface area contributed by atoms with Gasteiger partial charge in [0.1, 0.15) is 25.4 Å². The third-order valence-corrected chi connectivity index (χ3v) is 4.19. The van der Waals surface area contributed by atoms with Crippen LogP contribution in [0.15, 0.2) is 29.7 Å². The quantitative estimate of drug-likeness (QED) is 0.606. The monoisotopic (exact) mass is 413 g/mol. The summed E-state index contributed by atoms with van der Waals surface area (Å²) in [5.74, 6) is -2.99. The summed E-state index contributed by atoms with van der Waals surface area (Å²) < 4.78 is 45.0. The second-order valence-electron chi connectivity index (χ2n) is 6.17. The van der Waals surface area contributed by atoms with Gasteiger partial charge in [0, 0.05) is 20.0 Å². The van der Waals surface area contributed by atoms with Crippen LogP contribution in [0.2, 0.25) is 0 Å². The molecule has 11 nitrogen and oxygen atoms in total. The summed E-state index contributed by atoms with van der Waals surface area (Å²) in [6.45, 7) is 1.68. The summed E-state index contributed by atoms with van der Waals surface area (Å²) in [6.07, 6.45) is -3.32. The molecular weight excluding hydrogens is 396 g/mol. The van der Waals surface area contributed by atoms with Gasteiger partial charge in [-0.15, -0.1) is 0 Å². The molecular formula is C16H17F2N5O6. The van der Waals surface area contributed by atoms with Crippen LogP contribution >= 0.6 is 0 Å². The third kappa shape index (κ3) is 4.45. The maximum absolute atomic E-state index is 13.7. The van der Waals surface area contributed by atoms with Gasteiger partial charge in [-0.2, -0.15) is 10.1 Å². The number of hydrogen-bond acceptors (Lipinski definition) is 9. The van der Waals surface area contributed by atoms with Gasteiger partial charge in [-0.3, -0.25) is 14.2 Å². The molecule has 4 atom stereocenters. The predicted octanol–water partition coefficient (Wildman–Crippen LogP) is 0.0975. The van der Waals surface area contributed by atoms with Crippen molar-refractivity contribution in [2.24, 2.45) is 5.92 Å². The van der Waals surface area contributed by atoms with Crippen LogP contribution in [0.1, 0.15) is 20.1 Å². The summed E-state index contributed by atoms with van der Waals surface area (Å²) in [7, 11) is 0. The Labute approximate surface area is 162 Å². The zero-order chi connectivity index (χ0) is 21.1. The Morgan fingerprint density at radius 3 is 2.62 bits per heavy atom. The predicted molar refractivity (Wildman–Crippen MR) is 89.0 cm³/mol. The van der Waals surface area contributed by atoms with Gasteiger partial charge in [0.25, 0.3) is 0 Å². The number of hydrogen-bond donors (Lipinski definition) is 0. The van der Waals surface area contributed by atoms with Gasteiger partial charge in [0.15, 0.2) is 18.1 Å². The number of nitrogens with zero attached hydrogens (tertiary/aromatic N) is 5. The highest BCUT2D eigenvalue weighted by atomic mass is 19.3. The minimum atomic E-state index is -2.97. The topological polar surface area (TPSA) is 127 Å². The summed E-state index contributed by atoms with van der Waals surface area (Å²) >= 11 is 0. The lowest BCUT2D eigenvalue weighted by Crippen LogP contribution is -2.39. The lowest BCUT2D eigenvalue weighted by atomic mass is 9.98. The van der Waals surface area contributed by atoms with E-state index in [9.17, 15) is 23.2 Å². The maximum Gasteiger partial charge on any atom is 0.351 e. The average molecular weight is 413 g/mol. The van der Waals surface area contributed by atoms with E-state index in [1.165, 1.54) is 29.6 Å². The molecule has 1 saturated heterocycles. The Kier molecular flexibility index (Phi) is 5.96. The standard InChI is InChI=1S/C16H17F2N5O6/c1-8(24)27-5-10-12(14(17)18)13(28-9(2)25)15(29-10)22-4-3-11(21-16(22)26)23-7-19-6-20-23/h3-4,6-7,10,12-15H,5H2,1-2H3. The van der Waals surface area contributed by atoms with Crippen molar-refractivity contribution in [1.82, 2.24) is 24.3 Å². The number of esters is 2. The molecule has 0 spiro atoms. The van der Waals surface area contributed by atoms with E-state index in [-0.39, 0.29) is 5.82 Å². The molecule has 156 valence electrons. The van der Waals surface area contributed by atoms with Crippen molar-refractivity contribution in [3.63, 3.8) is 0 Å². The number of halogens is 2. The van der Waals surface area contributed by atoms with Gasteiger partial charge in [0.05, 0.1) is 5.92 Å². The summed E-state index contributed by atoms with van der Waals surface area (Å²) in [5, 5.41) is 3.84. The molecule has 3 rings (SSSR count). The van der Waals surface area contributed by atoms with Crippen molar-refractivity contribution >= 4 is 11.9 Å². The van der Waals surface area contributed by atoms with Crippen LogP contribution in [0.3, 0.4) is 0 Å². The van der Waals surface area contributed by atoms with Crippen LogP contribution < -0.4 is 5.69 Å². The van der Waals surface area contributed by atoms with E-state index in [2.05, 4.69) is 15.1 Å². The number of rotatable bonds is 6. The molecule has 2 aromatic rings. The SMILES string of the molecule is CC(=O)OCC1OC(n2ccc(-n3cncn3)nc2=O)C(OC(C)=O)C1C(F)F. The molecule has 2 aromatic heterocycles. The Morgan fingerprint density at radius 2 is 2.07 bits per heavy atom. The maximum atomic E-state index is 13.7. The van der Waals surface area contributed by atoms with Crippen molar-refractivity contribution in [3.05, 3.63) is 35.4 Å². The van der Waals surface area contributed by atoms with E-state index in [1.807, 2.05) is 0 Å². The van der Waals surface area contributed by atoms with E-state index in [1.54, 1.807) is 0 Å². The minimum absolute atomic E-state index is 0.146. The first-order valence-corrected chi connectivity index (χ1v) is 8.46. The molecule has 0 aliphatic carbocycles. The molecule has 29 heavy (non-hydrogen) atoms. The van der Waals surface area contributed by atoms with E-state index in [0.717, 1.165) is 18.4 Å². The zero-order valence-electron chi connectivity index (χ0n) is 15.3. The van der Waals surface area contributed by atoms with E-state index >= 15 is 0 Å². The summed E-state index contributed by atoms with van der Waals surface area (Å²) in [4.78, 5) is 42.6. The van der Waals surface area contributed by atoms with Gasteiger partial charge >= 0.3 is 17.6 Å². The van der Waals surface area contributed by atoms with Crippen molar-refractivity contribution in [2.75, 3.05) is 6.61 Å². The largest absolute Gasteiger partial charge is 0.463 e. The molecule has 4 unspecified atom stereocenters. The van der Waals surface area contributed by atoms with Crippen molar-refractivity contribution in [1.29, 1.82) is 0 Å². The third-order valence-electron chi connectivity index (χ3n) is 4.19. The molecule has 0 saturated carbocycles. The van der Waals surface area contributed by atoms with Gasteiger partial charge in [-0.25, -0.2) is 23.2 Å². The highest BCUT2D eigenvalue weighted by molar-refractivity contribution is 5.66. The molecule has 0 bridgehead atoms. The van der Waals surface area contributed by atoms with Gasteiger partial charge < -0.3 is 14.2 Å². The Morgan fingerprint density at radius 1 is 1.31 bits per heavy atom. The molecule has 0 N–H and O–H groups in total. The van der Waals surface area contributed by atoms with Crippen LogP contribution in [0.4, 0.5) is 8.78 Å². The lowest BCUT2D eigenvalue weighted by Gasteiger charge is -2.23. The van der Waals surface area contributed by atoms with E-state index in [4.69, 9.17) is 14.2 Å². The normalized spacial score (nSPS) is 23.9. The Balaban J connectivity index is 1.95. The lowest BCUT2D eigenvalue weighted by molar-refractivity contribution is -0.156. The number of alkyl halides is 2. The van der Waals surface area contributed by atoms with Crippen LogP contribution in [0.5, 0.6) is 0 Å². The second kappa shape index (κ2) is 8.43. The van der Waals surface area contributed by atoms with E-state index < -0.39 is 55.0 Å². The van der Waals surface area contributed by atoms with Crippen molar-refractivity contribution < 1.29 is 32.6 Å². The fraction of sp³-hybridized carbons (Fsp3) is 0.500. The molecule has 3 heterocycles. The summed E-state index contributed by atoms with van der Waals surface area (Å²) in [5.41, 5.74) is -0.846. The zero-order valence-corrected chi connectivity index (χ0v) is 15.3. The molecule has 1 aliphatic heterocycles. The fourth-order valence-corrected chi connectivity index (χ4v) is 3.01. The highest BCUT2D eigenvalue weighted by Gasteiger charge is 2.52. The molecule has 1 fully saturated rings. The molecule has 13 heteroatoms. The van der Waals surface area contributed by atoms with Crippen LogP contribution in [-0.2, 0) is 23.8 Å². The Bertz CT molecular complexity index is 934. The number of aromatic nitrogens is 5. The van der Waals surface area contributed by atoms with Gasteiger partial charge in [-0.1, -0.05) is 0 Å². The molecule has 0 radical (unpaired) electrons. The highest BCUT2D eigenvalue weighted by Crippen LogP contribution is 2.39. The molecule has 0 aromatic carbocycles. The molecule has 0 amide bonds. The first-order valence-electron chi connectivity index (χ1n) is 8.46. The van der Waals surface area contributed by atoms with Crippen molar-refractivity contribution in [3.8, 4) is 5.82 Å². The van der Waals surface area contributed by atoms with Crippen molar-refractivity contribution in [2.45, 2.75) is 38.7 Å². The minimum Gasteiger partial charge on any atom is -0.463 e. The number of ether oxygens (including phenoxy) is 3. The van der Waals surface area contributed by atoms with Crippen LogP contribution in [0, 0.1) is 5.92 Å². The first-order chi connectivity index (χ1) is 13.8. The Hall–Kier alpha value is -3.22. The summed E-state index contributed by atoms with van der Waals surface area (Å²) in [6, 6.07) is 1.39. The van der Waals surface area contributed by atoms with E-state index in [0.29, 0.717) is 0 Å². The number of carbonyl (C=O) groups is 2. The first kappa shape index (κ1) is 20.5. The number of carbonyl (C=O) groups excluding carboxylic acids is 2. The molecule has 1 aliphatic rings. The van der Waals surface area contributed by atoms with Gasteiger partial charge in [0.2, 0.25) is 6.43 Å². The second-order valence-corrected chi connectivity index (χ2v) is 6.17. The van der Waals surface area contributed by atoms with Gasteiger partial charge in [-0.05, 0) is 6.07 Å². The van der Waals surface area contributed by atoms with Crippen LogP contribution in [-0.4, -0.2) is 61.5 Å². The smallest absolute Gasteiger partial charge is 0.351 e. The fourth-order valence-electron chi connectivity index (χ4n) is 3.01.